The van der Waals surface area contributed by atoms with Crippen molar-refractivity contribution in [3.8, 4) is 11.3 Å². The maximum Gasteiger partial charge on any atom is 0.233 e. The molecule has 1 amide bonds. The van der Waals surface area contributed by atoms with E-state index in [0.717, 1.165) is 21.2 Å². The SMILES string of the molecule is CN(Cc1ccc(Cl)s1)C(=O)CSc1nnc(-c2ccc(F)cc2)c2ccccc12. The largest absolute Gasteiger partial charge is 0.340 e. The van der Waals surface area contributed by atoms with E-state index in [4.69, 9.17) is 11.6 Å². The van der Waals surface area contributed by atoms with E-state index < -0.39 is 0 Å². The molecule has 0 radical (unpaired) electrons. The number of hydrogen-bond donors (Lipinski definition) is 0. The Balaban J connectivity index is 1.52. The van der Waals surface area contributed by atoms with Crippen LogP contribution in [0.5, 0.6) is 0 Å². The average Bonchev–Trinajstić information content (AvgIpc) is 3.17. The van der Waals surface area contributed by atoms with Crippen LogP contribution >= 0.6 is 34.7 Å². The van der Waals surface area contributed by atoms with Crippen molar-refractivity contribution in [3.05, 3.63) is 75.7 Å². The maximum absolute atomic E-state index is 13.3. The molecule has 0 unspecified atom stereocenters. The summed E-state index contributed by atoms with van der Waals surface area (Å²) in [4.78, 5) is 15.3. The summed E-state index contributed by atoms with van der Waals surface area (Å²) >= 11 is 8.79. The monoisotopic (exact) mass is 457 g/mol. The molecule has 0 spiro atoms. The van der Waals surface area contributed by atoms with Crippen molar-refractivity contribution in [1.82, 2.24) is 15.1 Å². The minimum absolute atomic E-state index is 0.00184. The summed E-state index contributed by atoms with van der Waals surface area (Å²) in [6.45, 7) is 0.521. The summed E-state index contributed by atoms with van der Waals surface area (Å²) in [5, 5.41) is 11.2. The van der Waals surface area contributed by atoms with Crippen LogP contribution in [0.3, 0.4) is 0 Å². The number of fused-ring (bicyclic) bond motifs is 1. The number of hydrogen-bond acceptors (Lipinski definition) is 5. The Bertz CT molecular complexity index is 1200. The fourth-order valence-corrected chi connectivity index (χ4v) is 5.06. The number of halogens is 2. The van der Waals surface area contributed by atoms with Gasteiger partial charge in [0.2, 0.25) is 5.91 Å². The Labute approximate surface area is 186 Å². The first-order valence-corrected chi connectivity index (χ1v) is 11.3. The van der Waals surface area contributed by atoms with Crippen LogP contribution in [-0.4, -0.2) is 33.8 Å². The molecule has 4 nitrogen and oxygen atoms in total. The molecule has 2 heterocycles. The first-order valence-electron chi connectivity index (χ1n) is 9.13. The van der Waals surface area contributed by atoms with Gasteiger partial charge >= 0.3 is 0 Å². The smallest absolute Gasteiger partial charge is 0.233 e. The third-order valence-electron chi connectivity index (χ3n) is 4.55. The summed E-state index contributed by atoms with van der Waals surface area (Å²) < 4.78 is 14.0. The normalized spacial score (nSPS) is 11.0. The Morgan fingerprint density at radius 3 is 2.50 bits per heavy atom. The Morgan fingerprint density at radius 1 is 1.07 bits per heavy atom. The molecule has 30 heavy (non-hydrogen) atoms. The van der Waals surface area contributed by atoms with Gasteiger partial charge in [0.25, 0.3) is 0 Å². The van der Waals surface area contributed by atoms with Crippen LogP contribution in [0.1, 0.15) is 4.88 Å². The lowest BCUT2D eigenvalue weighted by atomic mass is 10.1. The van der Waals surface area contributed by atoms with E-state index in [0.29, 0.717) is 21.6 Å². The van der Waals surface area contributed by atoms with Gasteiger partial charge in [0.05, 0.1) is 16.6 Å². The second kappa shape index (κ2) is 9.12. The summed E-state index contributed by atoms with van der Waals surface area (Å²) in [6.07, 6.45) is 0. The van der Waals surface area contributed by atoms with Crippen molar-refractivity contribution in [3.63, 3.8) is 0 Å². The third-order valence-corrected chi connectivity index (χ3v) is 6.73. The van der Waals surface area contributed by atoms with Gasteiger partial charge in [0.1, 0.15) is 16.5 Å². The van der Waals surface area contributed by atoms with Crippen LogP contribution in [0.2, 0.25) is 4.34 Å². The lowest BCUT2D eigenvalue weighted by Gasteiger charge is -2.16. The maximum atomic E-state index is 13.3. The van der Waals surface area contributed by atoms with Gasteiger partial charge in [-0.2, -0.15) is 0 Å². The molecule has 2 aromatic carbocycles. The van der Waals surface area contributed by atoms with E-state index in [1.807, 2.05) is 36.4 Å². The standard InChI is InChI=1S/C22H17ClFN3OS2/c1-27(12-16-10-11-19(23)30-16)20(28)13-29-22-18-5-3-2-4-17(18)21(25-26-22)14-6-8-15(24)9-7-14/h2-11H,12-13H2,1H3. The van der Waals surface area contributed by atoms with E-state index in [1.165, 1.54) is 35.2 Å². The molecule has 152 valence electrons. The molecular weight excluding hydrogens is 441 g/mol. The zero-order valence-corrected chi connectivity index (χ0v) is 18.4. The van der Waals surface area contributed by atoms with E-state index in [1.54, 1.807) is 24.1 Å². The van der Waals surface area contributed by atoms with Crippen molar-refractivity contribution in [2.75, 3.05) is 12.8 Å². The molecule has 0 saturated carbocycles. The van der Waals surface area contributed by atoms with E-state index in [-0.39, 0.29) is 17.5 Å². The highest BCUT2D eigenvalue weighted by Gasteiger charge is 2.15. The third kappa shape index (κ3) is 4.64. The Kier molecular flexibility index (Phi) is 6.32. The number of thiophene rings is 1. The molecule has 2 aromatic heterocycles. The lowest BCUT2D eigenvalue weighted by Crippen LogP contribution is -2.27. The number of carbonyl (C=O) groups is 1. The Hall–Kier alpha value is -2.48. The van der Waals surface area contributed by atoms with E-state index >= 15 is 0 Å². The van der Waals surface area contributed by atoms with Crippen LogP contribution in [-0.2, 0) is 11.3 Å². The molecule has 0 atom stereocenters. The van der Waals surface area contributed by atoms with Crippen molar-refractivity contribution in [2.24, 2.45) is 0 Å². The number of amides is 1. The molecular formula is C22H17ClFN3OS2. The van der Waals surface area contributed by atoms with E-state index in [9.17, 15) is 9.18 Å². The lowest BCUT2D eigenvalue weighted by molar-refractivity contribution is -0.127. The van der Waals surface area contributed by atoms with Crippen LogP contribution in [0, 0.1) is 5.82 Å². The average molecular weight is 458 g/mol. The zero-order chi connectivity index (χ0) is 21.1. The molecule has 8 heteroatoms. The van der Waals surface area contributed by atoms with Gasteiger partial charge in [-0.25, -0.2) is 4.39 Å². The van der Waals surface area contributed by atoms with Gasteiger partial charge in [-0.15, -0.1) is 21.5 Å². The highest BCUT2D eigenvalue weighted by atomic mass is 35.5. The number of nitrogens with zero attached hydrogens (tertiary/aromatic N) is 3. The second-order valence-electron chi connectivity index (χ2n) is 6.65. The predicted octanol–water partition coefficient (Wildman–Crippen LogP) is 5.90. The van der Waals surface area contributed by atoms with Gasteiger partial charge in [-0.05, 0) is 36.4 Å². The summed E-state index contributed by atoms with van der Waals surface area (Å²) in [5.74, 6) is -0.0434. The minimum atomic E-state index is -0.296. The fourth-order valence-electron chi connectivity index (χ4n) is 3.01. The number of rotatable bonds is 6. The Morgan fingerprint density at radius 2 is 1.80 bits per heavy atom. The van der Waals surface area contributed by atoms with Crippen LogP contribution in [0.4, 0.5) is 4.39 Å². The topological polar surface area (TPSA) is 46.1 Å². The molecule has 4 rings (SSSR count). The van der Waals surface area contributed by atoms with Gasteiger partial charge in [-0.1, -0.05) is 47.6 Å². The first-order chi connectivity index (χ1) is 14.5. The summed E-state index contributed by atoms with van der Waals surface area (Å²) in [5.41, 5.74) is 1.48. The number of carbonyl (C=O) groups excluding carboxylic acids is 1. The molecule has 4 aromatic rings. The summed E-state index contributed by atoms with van der Waals surface area (Å²) in [7, 11) is 1.78. The van der Waals surface area contributed by atoms with Crippen molar-refractivity contribution < 1.29 is 9.18 Å². The molecule has 0 saturated heterocycles. The van der Waals surface area contributed by atoms with Gasteiger partial charge < -0.3 is 4.90 Å². The fraction of sp³-hybridized carbons (Fsp3) is 0.136. The van der Waals surface area contributed by atoms with Crippen molar-refractivity contribution >= 4 is 51.4 Å². The van der Waals surface area contributed by atoms with Crippen molar-refractivity contribution in [1.29, 1.82) is 0 Å². The molecule has 0 aliphatic heterocycles. The van der Waals surface area contributed by atoms with Crippen LogP contribution in [0.25, 0.3) is 22.0 Å². The van der Waals surface area contributed by atoms with Crippen molar-refractivity contribution in [2.45, 2.75) is 11.6 Å². The summed E-state index contributed by atoms with van der Waals surface area (Å²) in [6, 6.07) is 17.7. The van der Waals surface area contributed by atoms with Gasteiger partial charge in [0, 0.05) is 28.3 Å². The van der Waals surface area contributed by atoms with Crippen LogP contribution in [0.15, 0.2) is 65.7 Å². The highest BCUT2D eigenvalue weighted by molar-refractivity contribution is 8.00. The minimum Gasteiger partial charge on any atom is -0.340 e. The molecule has 0 fully saturated rings. The number of benzene rings is 2. The molecule has 0 bridgehead atoms. The molecule has 0 N–H and O–H groups in total. The predicted molar refractivity (Wildman–Crippen MR) is 121 cm³/mol. The highest BCUT2D eigenvalue weighted by Crippen LogP contribution is 2.32. The molecule has 0 aliphatic carbocycles. The number of thioether (sulfide) groups is 1. The number of aromatic nitrogens is 2. The van der Waals surface area contributed by atoms with Gasteiger partial charge in [0.15, 0.2) is 0 Å². The van der Waals surface area contributed by atoms with Crippen LogP contribution < -0.4 is 0 Å². The quantitative estimate of drug-likeness (QED) is 0.338. The first kappa shape index (κ1) is 20.8. The zero-order valence-electron chi connectivity index (χ0n) is 16.0. The van der Waals surface area contributed by atoms with E-state index in [2.05, 4.69) is 10.2 Å². The second-order valence-corrected chi connectivity index (χ2v) is 9.41. The van der Waals surface area contributed by atoms with Gasteiger partial charge in [-0.3, -0.25) is 4.79 Å². The molecule has 0 aliphatic rings.